The van der Waals surface area contributed by atoms with E-state index in [0.29, 0.717) is 22.8 Å². The number of hydrogen-bond donors (Lipinski definition) is 1. The first-order chi connectivity index (χ1) is 18.1. The molecule has 2 heterocycles. The predicted molar refractivity (Wildman–Crippen MR) is 150 cm³/mol. The van der Waals surface area contributed by atoms with Gasteiger partial charge in [-0.05, 0) is 67.6 Å². The summed E-state index contributed by atoms with van der Waals surface area (Å²) in [4.78, 5) is 17.4. The van der Waals surface area contributed by atoms with Crippen LogP contribution in [0.25, 0.3) is 33.1 Å². The largest absolute Gasteiger partial charge is 0.497 e. The van der Waals surface area contributed by atoms with Crippen LogP contribution >= 0.6 is 11.8 Å². The third-order valence-electron chi connectivity index (χ3n) is 6.31. The third kappa shape index (κ3) is 5.02. The van der Waals surface area contributed by atoms with Gasteiger partial charge in [0, 0.05) is 51.8 Å². The summed E-state index contributed by atoms with van der Waals surface area (Å²) in [5, 5.41) is 15.5. The fraction of sp³-hybridized carbons (Fsp3) is 0.167. The molecule has 7 heteroatoms. The van der Waals surface area contributed by atoms with Gasteiger partial charge in [0.05, 0.1) is 18.4 Å². The number of hydrogen-bond acceptors (Lipinski definition) is 5. The van der Waals surface area contributed by atoms with E-state index in [9.17, 15) is 10.1 Å². The molecule has 0 saturated carbocycles. The van der Waals surface area contributed by atoms with E-state index in [-0.39, 0.29) is 5.91 Å². The van der Waals surface area contributed by atoms with Crippen LogP contribution < -0.4 is 10.1 Å². The van der Waals surface area contributed by atoms with Gasteiger partial charge in [-0.1, -0.05) is 18.2 Å². The van der Waals surface area contributed by atoms with Crippen LogP contribution in [0.5, 0.6) is 5.75 Å². The Bertz CT molecular complexity index is 1630. The first kappa shape index (κ1) is 24.4. The van der Waals surface area contributed by atoms with Gasteiger partial charge in [0.2, 0.25) is 5.91 Å². The Hall–Kier alpha value is -4.28. The Balaban J connectivity index is 1.27. The summed E-state index contributed by atoms with van der Waals surface area (Å²) < 4.78 is 7.51. The minimum Gasteiger partial charge on any atom is -0.497 e. The Kier molecular flexibility index (Phi) is 7.11. The summed E-state index contributed by atoms with van der Waals surface area (Å²) in [6, 6.07) is 27.8. The summed E-state index contributed by atoms with van der Waals surface area (Å²) in [6.07, 6.45) is 0.304. The number of rotatable bonds is 8. The summed E-state index contributed by atoms with van der Waals surface area (Å²) >= 11 is 1.42. The van der Waals surface area contributed by atoms with Crippen molar-refractivity contribution in [2.75, 3.05) is 18.2 Å². The maximum atomic E-state index is 12.7. The number of benzene rings is 3. The minimum absolute atomic E-state index is 0.0732. The molecular weight excluding hydrogens is 480 g/mol. The molecule has 5 aromatic rings. The van der Waals surface area contributed by atoms with Crippen LogP contribution in [0.15, 0.2) is 83.9 Å². The van der Waals surface area contributed by atoms with Crippen molar-refractivity contribution in [2.24, 2.45) is 0 Å². The lowest BCUT2D eigenvalue weighted by molar-refractivity contribution is -0.115. The van der Waals surface area contributed by atoms with Gasteiger partial charge >= 0.3 is 0 Å². The van der Waals surface area contributed by atoms with E-state index in [1.165, 1.54) is 22.7 Å². The number of nitriles is 1. The molecule has 0 radical (unpaired) electrons. The topological polar surface area (TPSA) is 79.9 Å². The number of nitrogens with zero attached hydrogens (tertiary/aromatic N) is 3. The molecule has 184 valence electrons. The number of thioether (sulfide) groups is 1. The first-order valence-electron chi connectivity index (χ1n) is 12.1. The molecule has 0 aliphatic carbocycles. The van der Waals surface area contributed by atoms with Crippen LogP contribution in [0.1, 0.15) is 18.9 Å². The number of aromatic nitrogens is 2. The van der Waals surface area contributed by atoms with E-state index in [1.54, 1.807) is 13.2 Å². The van der Waals surface area contributed by atoms with Gasteiger partial charge < -0.3 is 14.6 Å². The molecule has 0 unspecified atom stereocenters. The number of aryl methyl sites for hydroxylation is 1. The number of ether oxygens (including phenoxy) is 1. The Morgan fingerprint density at radius 2 is 1.81 bits per heavy atom. The molecule has 5 rings (SSSR count). The van der Waals surface area contributed by atoms with Gasteiger partial charge in [0.1, 0.15) is 16.8 Å². The average Bonchev–Trinajstić information content (AvgIpc) is 3.26. The molecule has 0 aliphatic rings. The third-order valence-corrected chi connectivity index (χ3v) is 7.30. The van der Waals surface area contributed by atoms with Gasteiger partial charge in [0.15, 0.2) is 0 Å². The highest BCUT2D eigenvalue weighted by Gasteiger charge is 2.12. The molecular formula is C30H26N4O2S. The number of pyridine rings is 1. The van der Waals surface area contributed by atoms with Crippen LogP contribution in [0.2, 0.25) is 0 Å². The standard InChI is InChI=1S/C30H26N4O2S/c1-3-34-27-7-5-4-6-24(27)25-18-22(11-15-28(25)34)32-29(35)16-17-37-30-21(19-31)10-14-26(33-30)20-8-12-23(36-2)13-9-20/h4-15,18H,3,16-17H2,1-2H3,(H,32,35). The Morgan fingerprint density at radius 3 is 2.57 bits per heavy atom. The number of anilines is 1. The fourth-order valence-electron chi connectivity index (χ4n) is 4.49. The minimum atomic E-state index is -0.0732. The highest BCUT2D eigenvalue weighted by atomic mass is 32.2. The van der Waals surface area contributed by atoms with Crippen LogP contribution in [0.4, 0.5) is 5.69 Å². The maximum Gasteiger partial charge on any atom is 0.225 e. The van der Waals surface area contributed by atoms with Crippen molar-refractivity contribution in [1.29, 1.82) is 5.26 Å². The van der Waals surface area contributed by atoms with E-state index in [2.05, 4.69) is 46.1 Å². The summed E-state index contributed by atoms with van der Waals surface area (Å²) in [7, 11) is 1.63. The maximum absolute atomic E-state index is 12.7. The normalized spacial score (nSPS) is 10.9. The van der Waals surface area contributed by atoms with E-state index in [0.717, 1.165) is 40.1 Å². The molecule has 6 nitrogen and oxygen atoms in total. The zero-order chi connectivity index (χ0) is 25.8. The van der Waals surface area contributed by atoms with Crippen molar-refractivity contribution in [3.05, 3.63) is 84.4 Å². The quantitative estimate of drug-likeness (QED) is 0.232. The molecule has 0 fully saturated rings. The van der Waals surface area contributed by atoms with Crippen molar-refractivity contribution in [3.63, 3.8) is 0 Å². The highest BCUT2D eigenvalue weighted by molar-refractivity contribution is 7.99. The fourth-order valence-corrected chi connectivity index (χ4v) is 5.41. The zero-order valence-electron chi connectivity index (χ0n) is 20.7. The van der Waals surface area contributed by atoms with Crippen molar-refractivity contribution in [2.45, 2.75) is 24.9 Å². The number of carbonyl (C=O) groups excluding carboxylic acids is 1. The summed E-state index contributed by atoms with van der Waals surface area (Å²) in [5.74, 6) is 1.21. The second-order valence-corrected chi connectivity index (χ2v) is 9.61. The van der Waals surface area contributed by atoms with Crippen molar-refractivity contribution >= 4 is 45.2 Å². The highest BCUT2D eigenvalue weighted by Crippen LogP contribution is 2.31. The molecule has 0 saturated heterocycles. The van der Waals surface area contributed by atoms with Gasteiger partial charge in [-0.25, -0.2) is 4.98 Å². The van der Waals surface area contributed by atoms with E-state index >= 15 is 0 Å². The molecule has 2 aromatic heterocycles. The number of para-hydroxylation sites is 1. The lowest BCUT2D eigenvalue weighted by Gasteiger charge is -2.09. The van der Waals surface area contributed by atoms with Gasteiger partial charge in [-0.2, -0.15) is 5.26 Å². The predicted octanol–water partition coefficient (Wildman–Crippen LogP) is 6.88. The second kappa shape index (κ2) is 10.8. The second-order valence-electron chi connectivity index (χ2n) is 8.53. The molecule has 37 heavy (non-hydrogen) atoms. The molecule has 1 N–H and O–H groups in total. The van der Waals surface area contributed by atoms with Crippen molar-refractivity contribution < 1.29 is 9.53 Å². The van der Waals surface area contributed by atoms with Crippen LogP contribution in [0.3, 0.4) is 0 Å². The molecule has 0 bridgehead atoms. The van der Waals surface area contributed by atoms with E-state index in [1.807, 2.05) is 54.6 Å². The lowest BCUT2D eigenvalue weighted by Crippen LogP contribution is -2.12. The van der Waals surface area contributed by atoms with Gasteiger partial charge in [-0.15, -0.1) is 11.8 Å². The average molecular weight is 507 g/mol. The van der Waals surface area contributed by atoms with E-state index in [4.69, 9.17) is 4.74 Å². The van der Waals surface area contributed by atoms with Crippen LogP contribution in [0, 0.1) is 11.3 Å². The number of amides is 1. The lowest BCUT2D eigenvalue weighted by atomic mass is 10.1. The van der Waals surface area contributed by atoms with Gasteiger partial charge in [0.25, 0.3) is 0 Å². The molecule has 0 spiro atoms. The van der Waals surface area contributed by atoms with Gasteiger partial charge in [-0.3, -0.25) is 4.79 Å². The number of carbonyl (C=O) groups is 1. The Morgan fingerprint density at radius 1 is 1.03 bits per heavy atom. The van der Waals surface area contributed by atoms with Crippen molar-refractivity contribution in [1.82, 2.24) is 9.55 Å². The monoisotopic (exact) mass is 506 g/mol. The molecule has 1 amide bonds. The van der Waals surface area contributed by atoms with E-state index < -0.39 is 0 Å². The molecule has 0 atom stereocenters. The number of methoxy groups -OCH3 is 1. The van der Waals surface area contributed by atoms with Crippen LogP contribution in [-0.2, 0) is 11.3 Å². The Labute approximate surface area is 219 Å². The number of nitrogens with one attached hydrogen (secondary N) is 1. The smallest absolute Gasteiger partial charge is 0.225 e. The van der Waals surface area contributed by atoms with Crippen LogP contribution in [-0.4, -0.2) is 28.3 Å². The summed E-state index contributed by atoms with van der Waals surface area (Å²) in [6.45, 7) is 3.02. The SMILES string of the molecule is CCn1c2ccccc2c2cc(NC(=O)CCSc3nc(-c4ccc(OC)cc4)ccc3C#N)ccc21. The zero-order valence-corrected chi connectivity index (χ0v) is 21.5. The first-order valence-corrected chi connectivity index (χ1v) is 13.1. The summed E-state index contributed by atoms with van der Waals surface area (Å²) in [5.41, 5.74) is 5.33. The van der Waals surface area contributed by atoms with Crippen molar-refractivity contribution in [3.8, 4) is 23.1 Å². The molecule has 0 aliphatic heterocycles. The number of fused-ring (bicyclic) bond motifs is 3. The molecule has 3 aromatic carbocycles.